The van der Waals surface area contributed by atoms with Gasteiger partial charge in [0.05, 0.1) is 6.26 Å². The highest BCUT2D eigenvalue weighted by Gasteiger charge is 2.21. The molecule has 0 aliphatic heterocycles. The highest BCUT2D eigenvalue weighted by atomic mass is 19.2. The smallest absolute Gasteiger partial charge is 0.201 e. The molecule has 0 unspecified atom stereocenters. The molecule has 2 aromatic carbocycles. The first kappa shape index (κ1) is 21.5. The van der Waals surface area contributed by atoms with E-state index in [0.717, 1.165) is 11.5 Å². The van der Waals surface area contributed by atoms with Crippen molar-refractivity contribution in [3.8, 4) is 5.75 Å². The van der Waals surface area contributed by atoms with Crippen molar-refractivity contribution >= 4 is 0 Å². The van der Waals surface area contributed by atoms with Crippen molar-refractivity contribution < 1.29 is 13.5 Å². The van der Waals surface area contributed by atoms with E-state index in [0.29, 0.717) is 24.3 Å². The third-order valence-corrected chi connectivity index (χ3v) is 6.14. The van der Waals surface area contributed by atoms with Crippen molar-refractivity contribution in [1.29, 1.82) is 0 Å². The van der Waals surface area contributed by atoms with Gasteiger partial charge in [0.2, 0.25) is 5.82 Å². The molecule has 0 amide bonds. The summed E-state index contributed by atoms with van der Waals surface area (Å²) in [6.45, 7) is 4.03. The average Bonchev–Trinajstić information content (AvgIpc) is 2.75. The number of aryl methyl sites for hydroxylation is 2. The summed E-state index contributed by atoms with van der Waals surface area (Å²) >= 11 is 0. The average molecular weight is 399 g/mol. The minimum atomic E-state index is -0.922. The fourth-order valence-corrected chi connectivity index (χ4v) is 4.43. The lowest BCUT2D eigenvalue weighted by Crippen LogP contribution is -2.13. The van der Waals surface area contributed by atoms with Gasteiger partial charge >= 0.3 is 0 Å². The van der Waals surface area contributed by atoms with Gasteiger partial charge < -0.3 is 4.74 Å². The summed E-state index contributed by atoms with van der Waals surface area (Å²) in [6, 6.07) is 11.8. The van der Waals surface area contributed by atoms with Crippen LogP contribution in [0.25, 0.3) is 0 Å². The Morgan fingerprint density at radius 1 is 0.931 bits per heavy atom. The van der Waals surface area contributed by atoms with E-state index in [1.165, 1.54) is 56.4 Å². The summed E-state index contributed by atoms with van der Waals surface area (Å²) in [5.74, 6) is -0.224. The van der Waals surface area contributed by atoms with Gasteiger partial charge in [-0.15, -0.1) is 0 Å². The highest BCUT2D eigenvalue weighted by molar-refractivity contribution is 5.33. The maximum atomic E-state index is 14.3. The maximum absolute atomic E-state index is 14.3. The fourth-order valence-electron chi connectivity index (χ4n) is 4.43. The second kappa shape index (κ2) is 10.6. The zero-order valence-corrected chi connectivity index (χ0v) is 17.6. The first-order valence-electron chi connectivity index (χ1n) is 11.0. The maximum Gasteiger partial charge on any atom is 0.201 e. The molecule has 1 fully saturated rings. The van der Waals surface area contributed by atoms with Crippen molar-refractivity contribution in [1.82, 2.24) is 0 Å². The number of halogens is 2. The molecule has 29 heavy (non-hydrogen) atoms. The number of hydrogen-bond donors (Lipinski definition) is 0. The number of ether oxygens (including phenoxy) is 1. The third kappa shape index (κ3) is 5.68. The van der Waals surface area contributed by atoms with E-state index < -0.39 is 11.6 Å². The van der Waals surface area contributed by atoms with Crippen LogP contribution >= 0.6 is 0 Å². The molecule has 0 radical (unpaired) electrons. The van der Waals surface area contributed by atoms with Gasteiger partial charge in [0.15, 0.2) is 11.6 Å². The number of rotatable bonds is 8. The molecule has 0 saturated heterocycles. The highest BCUT2D eigenvalue weighted by Crippen LogP contribution is 2.37. The predicted octanol–water partition coefficient (Wildman–Crippen LogP) is 7.74. The first-order chi connectivity index (χ1) is 14.1. The van der Waals surface area contributed by atoms with Crippen molar-refractivity contribution in [2.45, 2.75) is 71.1 Å². The molecule has 3 heteroatoms. The molecule has 0 bridgehead atoms. The normalized spacial score (nSPS) is 19.6. The van der Waals surface area contributed by atoms with Gasteiger partial charge in [0.25, 0.3) is 0 Å². The number of allylic oxidation sites excluding steroid dienone is 1. The zero-order valence-electron chi connectivity index (χ0n) is 17.6. The van der Waals surface area contributed by atoms with E-state index >= 15 is 0 Å². The first-order valence-corrected chi connectivity index (χ1v) is 11.0. The molecule has 0 N–H and O–H groups in total. The molecule has 0 atom stereocenters. The summed E-state index contributed by atoms with van der Waals surface area (Å²) in [7, 11) is 0. The minimum absolute atomic E-state index is 0.0811. The van der Waals surface area contributed by atoms with E-state index in [4.69, 9.17) is 4.74 Å². The van der Waals surface area contributed by atoms with E-state index in [-0.39, 0.29) is 5.75 Å². The largest absolute Gasteiger partial charge is 0.462 e. The number of benzene rings is 2. The lowest BCUT2D eigenvalue weighted by Gasteiger charge is -2.28. The molecule has 1 aliphatic carbocycles. The summed E-state index contributed by atoms with van der Waals surface area (Å²) in [5, 5.41) is 0. The van der Waals surface area contributed by atoms with Crippen LogP contribution in [0, 0.1) is 17.6 Å². The van der Waals surface area contributed by atoms with Crippen LogP contribution in [0.2, 0.25) is 0 Å². The van der Waals surface area contributed by atoms with Crippen molar-refractivity contribution in [3.05, 3.63) is 77.1 Å². The van der Waals surface area contributed by atoms with Crippen LogP contribution in [-0.4, -0.2) is 0 Å². The molecule has 3 rings (SSSR count). The quantitative estimate of drug-likeness (QED) is 0.413. The van der Waals surface area contributed by atoms with Crippen molar-refractivity contribution in [2.24, 2.45) is 5.92 Å². The topological polar surface area (TPSA) is 9.23 Å². The van der Waals surface area contributed by atoms with E-state index in [9.17, 15) is 8.78 Å². The van der Waals surface area contributed by atoms with Gasteiger partial charge in [0, 0.05) is 0 Å². The third-order valence-electron chi connectivity index (χ3n) is 6.14. The van der Waals surface area contributed by atoms with Gasteiger partial charge in [-0.05, 0) is 80.0 Å². The van der Waals surface area contributed by atoms with Gasteiger partial charge in [-0.3, -0.25) is 0 Å². The summed E-state index contributed by atoms with van der Waals surface area (Å²) in [6.07, 6.45) is 12.1. The Balaban J connectivity index is 1.56. The van der Waals surface area contributed by atoms with Crippen LogP contribution in [0.1, 0.15) is 75.0 Å². The lowest BCUT2D eigenvalue weighted by atomic mass is 9.77. The second-order valence-corrected chi connectivity index (χ2v) is 8.19. The van der Waals surface area contributed by atoms with Crippen molar-refractivity contribution in [3.63, 3.8) is 0 Å². The second-order valence-electron chi connectivity index (χ2n) is 8.19. The van der Waals surface area contributed by atoms with E-state index in [2.05, 4.69) is 31.2 Å². The van der Waals surface area contributed by atoms with E-state index in [1.54, 1.807) is 19.1 Å². The monoisotopic (exact) mass is 398 g/mol. The van der Waals surface area contributed by atoms with Crippen LogP contribution in [0.4, 0.5) is 8.78 Å². The zero-order chi connectivity index (χ0) is 20.6. The molecule has 1 nitrogen and oxygen atoms in total. The molecular formula is C26H32F2O. The van der Waals surface area contributed by atoms with Crippen LogP contribution in [0.3, 0.4) is 0 Å². The van der Waals surface area contributed by atoms with Gasteiger partial charge in [-0.2, -0.15) is 4.39 Å². The summed E-state index contributed by atoms with van der Waals surface area (Å²) in [4.78, 5) is 0. The standard InChI is InChI=1S/C26H32F2O/c1-3-5-19-6-11-21(12-7-19)22-13-8-20(9-14-22)10-15-23-16-17-24(29-18-4-2)26(28)25(23)27/h4,8-9,13-14,16-19,21H,3,5-7,10-12,15H2,1-2H3. The van der Waals surface area contributed by atoms with Gasteiger partial charge in [0.1, 0.15) is 0 Å². The minimum Gasteiger partial charge on any atom is -0.462 e. The molecule has 2 aromatic rings. The molecular weight excluding hydrogens is 366 g/mol. The Hall–Kier alpha value is -2.16. The summed E-state index contributed by atoms with van der Waals surface area (Å²) < 4.78 is 33.5. The SMILES string of the molecule is CC=COc1ccc(CCc2ccc(C3CCC(CCC)CC3)cc2)c(F)c1F. The van der Waals surface area contributed by atoms with Crippen LogP contribution in [0.15, 0.2) is 48.7 Å². The van der Waals surface area contributed by atoms with Crippen LogP contribution < -0.4 is 4.74 Å². The van der Waals surface area contributed by atoms with E-state index in [1.807, 2.05) is 0 Å². The Morgan fingerprint density at radius 2 is 1.66 bits per heavy atom. The summed E-state index contributed by atoms with van der Waals surface area (Å²) in [5.41, 5.74) is 2.96. The van der Waals surface area contributed by atoms with Gasteiger partial charge in [-0.25, -0.2) is 4.39 Å². The van der Waals surface area contributed by atoms with Gasteiger partial charge in [-0.1, -0.05) is 56.2 Å². The Morgan fingerprint density at radius 3 is 2.31 bits per heavy atom. The molecule has 156 valence electrons. The molecule has 0 heterocycles. The predicted molar refractivity (Wildman–Crippen MR) is 115 cm³/mol. The molecule has 1 saturated carbocycles. The van der Waals surface area contributed by atoms with Crippen LogP contribution in [-0.2, 0) is 12.8 Å². The van der Waals surface area contributed by atoms with Crippen LogP contribution in [0.5, 0.6) is 5.75 Å². The molecule has 0 spiro atoms. The molecule has 0 aromatic heterocycles. The Labute approximate surface area is 173 Å². The Kier molecular flexibility index (Phi) is 7.85. The number of hydrogen-bond acceptors (Lipinski definition) is 1. The fraction of sp³-hybridized carbons (Fsp3) is 0.462. The Bertz CT molecular complexity index is 802. The lowest BCUT2D eigenvalue weighted by molar-refractivity contribution is 0.308. The van der Waals surface area contributed by atoms with Crippen molar-refractivity contribution in [2.75, 3.05) is 0 Å². The molecule has 1 aliphatic rings.